The van der Waals surface area contributed by atoms with E-state index in [9.17, 15) is 19.5 Å². The molecule has 6 nitrogen and oxygen atoms in total. The van der Waals surface area contributed by atoms with Gasteiger partial charge in [0.2, 0.25) is 5.91 Å². The number of benzene rings is 1. The Morgan fingerprint density at radius 3 is 2.44 bits per heavy atom. The van der Waals surface area contributed by atoms with Gasteiger partial charge in [-0.3, -0.25) is 14.4 Å². The van der Waals surface area contributed by atoms with E-state index in [0.29, 0.717) is 19.3 Å². The van der Waals surface area contributed by atoms with Crippen molar-refractivity contribution in [2.45, 2.75) is 91.7 Å². The number of nitrogens with zero attached hydrogens (tertiary/aromatic N) is 2. The van der Waals surface area contributed by atoms with E-state index >= 15 is 0 Å². The number of rotatable bonds is 11. The van der Waals surface area contributed by atoms with Crippen LogP contribution in [-0.2, 0) is 20.8 Å². The molecule has 3 rings (SSSR count). The molecular weight excluding hydrogens is 472 g/mol. The van der Waals surface area contributed by atoms with Crippen LogP contribution in [0, 0.1) is 18.3 Å². The number of aromatic nitrogens is 1. The molecule has 7 heteroatoms. The number of unbranched alkanes of at least 4 members (excludes halogenated alkanes) is 1. The largest absolute Gasteiger partial charge is 0.391 e. The van der Waals surface area contributed by atoms with Gasteiger partial charge in [0.1, 0.15) is 5.78 Å². The fraction of sp³-hybridized carbons (Fsp3) is 0.586. The maximum absolute atomic E-state index is 13.6. The van der Waals surface area contributed by atoms with Gasteiger partial charge in [-0.25, -0.2) is 4.98 Å². The number of hydrogen-bond acceptors (Lipinski definition) is 6. The van der Waals surface area contributed by atoms with Gasteiger partial charge in [0.15, 0.2) is 5.78 Å². The van der Waals surface area contributed by atoms with Crippen molar-refractivity contribution in [3.63, 3.8) is 0 Å². The number of aliphatic hydroxyl groups excluding tert-OH is 1. The van der Waals surface area contributed by atoms with Gasteiger partial charge in [-0.05, 0) is 36.3 Å². The third-order valence-electron chi connectivity index (χ3n) is 7.14. The number of aryl methyl sites for hydroxylation is 2. The predicted molar refractivity (Wildman–Crippen MR) is 144 cm³/mol. The minimum Gasteiger partial charge on any atom is -0.391 e. The van der Waals surface area contributed by atoms with E-state index in [1.54, 1.807) is 16.2 Å². The zero-order valence-electron chi connectivity index (χ0n) is 22.3. The Morgan fingerprint density at radius 1 is 1.17 bits per heavy atom. The van der Waals surface area contributed by atoms with Crippen LogP contribution in [0.4, 0.5) is 0 Å². The molecule has 0 bridgehead atoms. The number of carbonyl (C=O) groups excluding carboxylic acids is 3. The number of Topliss-reactive ketones (excluding diaryl/α,β-unsaturated/α-hetero) is 2. The van der Waals surface area contributed by atoms with Crippen molar-refractivity contribution in [2.75, 3.05) is 6.54 Å². The molecule has 0 unspecified atom stereocenters. The van der Waals surface area contributed by atoms with E-state index in [1.807, 2.05) is 52.3 Å². The van der Waals surface area contributed by atoms with Crippen LogP contribution < -0.4 is 0 Å². The maximum atomic E-state index is 13.6. The molecule has 196 valence electrons. The number of carbonyl (C=O) groups is 3. The van der Waals surface area contributed by atoms with Crippen LogP contribution in [0.5, 0.6) is 0 Å². The summed E-state index contributed by atoms with van der Waals surface area (Å²) in [5, 5.41) is 10.4. The highest BCUT2D eigenvalue weighted by molar-refractivity contribution is 7.13. The summed E-state index contributed by atoms with van der Waals surface area (Å²) in [6.45, 7) is 10.1. The van der Waals surface area contributed by atoms with Gasteiger partial charge in [0.25, 0.3) is 0 Å². The van der Waals surface area contributed by atoms with Crippen molar-refractivity contribution >= 4 is 28.8 Å². The lowest BCUT2D eigenvalue weighted by Crippen LogP contribution is -2.47. The Labute approximate surface area is 219 Å². The third-order valence-corrected chi connectivity index (χ3v) is 8.12. The molecule has 1 aliphatic heterocycles. The Kier molecular flexibility index (Phi) is 9.59. The molecule has 2 heterocycles. The first-order chi connectivity index (χ1) is 17.0. The van der Waals surface area contributed by atoms with Crippen LogP contribution in [0.15, 0.2) is 29.8 Å². The molecule has 3 atom stereocenters. The van der Waals surface area contributed by atoms with E-state index in [1.165, 1.54) is 0 Å². The quantitative estimate of drug-likeness (QED) is 0.436. The van der Waals surface area contributed by atoms with Crippen LogP contribution in [-0.4, -0.2) is 51.2 Å². The summed E-state index contributed by atoms with van der Waals surface area (Å²) >= 11 is 1.61. The summed E-state index contributed by atoms with van der Waals surface area (Å²) in [4.78, 5) is 46.4. The van der Waals surface area contributed by atoms with Crippen molar-refractivity contribution in [3.8, 4) is 10.4 Å². The molecule has 36 heavy (non-hydrogen) atoms. The van der Waals surface area contributed by atoms with Gasteiger partial charge in [-0.15, -0.1) is 11.3 Å². The summed E-state index contributed by atoms with van der Waals surface area (Å²) in [6.07, 6.45) is 2.82. The van der Waals surface area contributed by atoms with Gasteiger partial charge >= 0.3 is 0 Å². The fourth-order valence-electron chi connectivity index (χ4n) is 4.87. The molecule has 0 saturated carbocycles. The second-order valence-corrected chi connectivity index (χ2v) is 11.9. The van der Waals surface area contributed by atoms with Gasteiger partial charge < -0.3 is 10.0 Å². The highest BCUT2D eigenvalue weighted by Gasteiger charge is 2.43. The Balaban J connectivity index is 1.66. The van der Waals surface area contributed by atoms with Gasteiger partial charge in [0, 0.05) is 38.1 Å². The summed E-state index contributed by atoms with van der Waals surface area (Å²) < 4.78 is 0. The summed E-state index contributed by atoms with van der Waals surface area (Å²) in [6, 6.07) is 7.54. The number of amides is 1. The van der Waals surface area contributed by atoms with Gasteiger partial charge in [0.05, 0.1) is 28.2 Å². The van der Waals surface area contributed by atoms with Crippen molar-refractivity contribution in [1.82, 2.24) is 9.88 Å². The normalized spacial score (nSPS) is 18.9. The maximum Gasteiger partial charge on any atom is 0.227 e. The molecule has 1 fully saturated rings. The van der Waals surface area contributed by atoms with E-state index in [-0.39, 0.29) is 36.9 Å². The fourth-order valence-corrected chi connectivity index (χ4v) is 5.68. The van der Waals surface area contributed by atoms with Crippen LogP contribution in [0.2, 0.25) is 0 Å². The summed E-state index contributed by atoms with van der Waals surface area (Å²) in [7, 11) is 0. The average molecular weight is 513 g/mol. The summed E-state index contributed by atoms with van der Waals surface area (Å²) in [5.74, 6) is -0.645. The van der Waals surface area contributed by atoms with Gasteiger partial charge in [-0.1, -0.05) is 58.4 Å². The number of likely N-dealkylation sites (tertiary alicyclic amines) is 1. The third kappa shape index (κ3) is 7.10. The first kappa shape index (κ1) is 28.2. The van der Waals surface area contributed by atoms with Crippen molar-refractivity contribution in [1.29, 1.82) is 0 Å². The number of ketones is 2. The van der Waals surface area contributed by atoms with E-state index < -0.39 is 23.5 Å². The molecular formula is C29H40N2O4S. The lowest BCUT2D eigenvalue weighted by Gasteiger charge is -2.34. The molecule has 1 saturated heterocycles. The number of hydrogen-bond donors (Lipinski definition) is 1. The van der Waals surface area contributed by atoms with E-state index in [0.717, 1.165) is 34.5 Å². The zero-order valence-corrected chi connectivity index (χ0v) is 23.1. The van der Waals surface area contributed by atoms with Crippen molar-refractivity contribution in [2.24, 2.45) is 11.3 Å². The van der Waals surface area contributed by atoms with Crippen LogP contribution in [0.3, 0.4) is 0 Å². The lowest BCUT2D eigenvalue weighted by atomic mass is 9.76. The van der Waals surface area contributed by atoms with Crippen molar-refractivity contribution in [3.05, 3.63) is 41.0 Å². The minimum absolute atomic E-state index is 0.0350. The highest BCUT2D eigenvalue weighted by Crippen LogP contribution is 2.34. The first-order valence-electron chi connectivity index (χ1n) is 13.0. The minimum atomic E-state index is -0.721. The highest BCUT2D eigenvalue weighted by atomic mass is 32.1. The van der Waals surface area contributed by atoms with Crippen LogP contribution in [0.1, 0.15) is 77.5 Å². The molecule has 1 amide bonds. The van der Waals surface area contributed by atoms with Crippen molar-refractivity contribution < 1.29 is 19.5 Å². The van der Waals surface area contributed by atoms with Crippen LogP contribution >= 0.6 is 11.3 Å². The predicted octanol–water partition coefficient (Wildman–Crippen LogP) is 5.39. The SMILES string of the molecule is CCCCC(=O)C[C@H](C(=O)N1C[C@H](O)C[C@H]1C(=O)CCc1ccc(-c2scnc2C)cc1)C(C)(C)C. The first-order valence-corrected chi connectivity index (χ1v) is 13.9. The Bertz CT molecular complexity index is 1050. The lowest BCUT2D eigenvalue weighted by molar-refractivity contribution is -0.145. The standard InChI is InChI=1S/C29H40N2O4S/c1-6-7-8-22(32)15-24(29(3,4)5)28(35)31-17-23(33)16-25(31)26(34)14-11-20-9-12-21(13-10-20)27-19(2)30-18-36-27/h9-10,12-13,18,23-25,33H,6-8,11,14-17H2,1-5H3/t23-,24-,25+/m1/s1. The molecule has 1 N–H and O–H groups in total. The molecule has 1 aromatic carbocycles. The number of aliphatic hydroxyl groups is 1. The van der Waals surface area contributed by atoms with E-state index in [2.05, 4.69) is 17.1 Å². The molecule has 0 radical (unpaired) electrons. The monoisotopic (exact) mass is 512 g/mol. The molecule has 0 aliphatic carbocycles. The average Bonchev–Trinajstić information content (AvgIpc) is 3.44. The summed E-state index contributed by atoms with van der Waals surface area (Å²) in [5.41, 5.74) is 4.60. The van der Waals surface area contributed by atoms with Gasteiger partial charge in [-0.2, -0.15) is 0 Å². The smallest absolute Gasteiger partial charge is 0.227 e. The van der Waals surface area contributed by atoms with E-state index in [4.69, 9.17) is 0 Å². The van der Waals surface area contributed by atoms with Crippen LogP contribution in [0.25, 0.3) is 10.4 Å². The number of thiazole rings is 1. The Morgan fingerprint density at radius 2 is 1.86 bits per heavy atom. The second-order valence-electron chi connectivity index (χ2n) is 11.1. The molecule has 1 aliphatic rings. The topological polar surface area (TPSA) is 87.6 Å². The zero-order chi connectivity index (χ0) is 26.5. The molecule has 2 aromatic rings. The molecule has 1 aromatic heterocycles. The number of β-amino-alcohol motifs (C(OH)–C–C–N with tert-alkyl or cyclic N) is 1. The Hall–Kier alpha value is -2.38. The molecule has 0 spiro atoms. The second kappa shape index (κ2) is 12.2.